The maximum absolute atomic E-state index is 13.8. The molecule has 7 heteroatoms. The van der Waals surface area contributed by atoms with Crippen molar-refractivity contribution < 1.29 is 12.8 Å². The van der Waals surface area contributed by atoms with Gasteiger partial charge in [0.2, 0.25) is 10.0 Å². The van der Waals surface area contributed by atoms with Gasteiger partial charge in [-0.3, -0.25) is 0 Å². The second kappa shape index (κ2) is 6.52. The zero-order chi connectivity index (χ0) is 16.3. The summed E-state index contributed by atoms with van der Waals surface area (Å²) in [6.45, 7) is 4.72. The van der Waals surface area contributed by atoms with E-state index >= 15 is 0 Å². The van der Waals surface area contributed by atoms with Crippen LogP contribution in [0.1, 0.15) is 19.4 Å². The van der Waals surface area contributed by atoms with Crippen LogP contribution in [0.4, 0.5) is 4.39 Å². The van der Waals surface area contributed by atoms with Crippen LogP contribution in [0.5, 0.6) is 0 Å². The van der Waals surface area contributed by atoms with Crippen molar-refractivity contribution in [3.05, 3.63) is 29.6 Å². The van der Waals surface area contributed by atoms with E-state index in [2.05, 4.69) is 4.72 Å². The summed E-state index contributed by atoms with van der Waals surface area (Å²) in [5, 5.41) is 8.66. The fourth-order valence-corrected chi connectivity index (χ4v) is 3.37. The smallest absolute Gasteiger partial charge is 0.243 e. The van der Waals surface area contributed by atoms with Crippen molar-refractivity contribution in [2.45, 2.75) is 18.7 Å². The first kappa shape index (κ1) is 17.6. The summed E-state index contributed by atoms with van der Waals surface area (Å²) in [4.78, 5) is 1.51. The van der Waals surface area contributed by atoms with Gasteiger partial charge in [-0.2, -0.15) is 5.26 Å². The van der Waals surface area contributed by atoms with Crippen LogP contribution >= 0.6 is 0 Å². The number of benzene rings is 1. The van der Waals surface area contributed by atoms with E-state index in [1.165, 1.54) is 6.07 Å². The molecule has 1 rings (SSSR count). The van der Waals surface area contributed by atoms with Crippen LogP contribution in [0.3, 0.4) is 0 Å². The highest BCUT2D eigenvalue weighted by molar-refractivity contribution is 7.89. The van der Waals surface area contributed by atoms with Gasteiger partial charge in [0.1, 0.15) is 10.7 Å². The third kappa shape index (κ3) is 5.08. The molecule has 116 valence electrons. The third-order valence-electron chi connectivity index (χ3n) is 2.84. The lowest BCUT2D eigenvalue weighted by Gasteiger charge is -2.28. The topological polar surface area (TPSA) is 73.2 Å². The van der Waals surface area contributed by atoms with Gasteiger partial charge in [0.15, 0.2) is 0 Å². The largest absolute Gasteiger partial charge is 0.309 e. The Labute approximate surface area is 125 Å². The molecule has 5 nitrogen and oxygen atoms in total. The molecule has 21 heavy (non-hydrogen) atoms. The summed E-state index contributed by atoms with van der Waals surface area (Å²) in [5.41, 5.74) is -0.209. The van der Waals surface area contributed by atoms with Gasteiger partial charge < -0.3 is 4.90 Å². The Morgan fingerprint density at radius 3 is 2.48 bits per heavy atom. The summed E-state index contributed by atoms with van der Waals surface area (Å²) in [6, 6.07) is 5.07. The first-order chi connectivity index (χ1) is 9.57. The predicted molar refractivity (Wildman–Crippen MR) is 78.6 cm³/mol. The summed E-state index contributed by atoms with van der Waals surface area (Å²) < 4.78 is 40.5. The first-order valence-electron chi connectivity index (χ1n) is 6.41. The second-order valence-electron chi connectivity index (χ2n) is 5.98. The number of nitrogens with zero attached hydrogens (tertiary/aromatic N) is 2. The molecule has 0 spiro atoms. The number of sulfonamides is 1. The van der Waals surface area contributed by atoms with E-state index in [1.54, 1.807) is 6.07 Å². The fraction of sp³-hybridized carbons (Fsp3) is 0.500. The standard InChI is InChI=1S/C14H20FN3O2S/c1-14(2,10-18(3)4)9-17-21(19,20)13-6-5-11(8-16)7-12(13)15/h5-7,17H,9-10H2,1-4H3. The van der Waals surface area contributed by atoms with Gasteiger partial charge in [-0.05, 0) is 37.7 Å². The molecule has 0 aromatic heterocycles. The van der Waals surface area contributed by atoms with E-state index in [4.69, 9.17) is 5.26 Å². The number of halogens is 1. The second-order valence-corrected chi connectivity index (χ2v) is 7.72. The van der Waals surface area contributed by atoms with Crippen molar-refractivity contribution in [3.63, 3.8) is 0 Å². The SMILES string of the molecule is CN(C)CC(C)(C)CNS(=O)(=O)c1ccc(C#N)cc1F. The lowest BCUT2D eigenvalue weighted by Crippen LogP contribution is -2.40. The number of rotatable bonds is 6. The molecule has 0 saturated heterocycles. The average molecular weight is 313 g/mol. The number of hydrogen-bond acceptors (Lipinski definition) is 4. The molecule has 0 aliphatic carbocycles. The van der Waals surface area contributed by atoms with Gasteiger partial charge in [-0.15, -0.1) is 0 Å². The van der Waals surface area contributed by atoms with Crippen molar-refractivity contribution in [1.29, 1.82) is 5.26 Å². The van der Waals surface area contributed by atoms with Crippen molar-refractivity contribution in [3.8, 4) is 6.07 Å². The fourth-order valence-electron chi connectivity index (χ4n) is 2.07. The average Bonchev–Trinajstić information content (AvgIpc) is 2.34. The Morgan fingerprint density at radius 1 is 1.38 bits per heavy atom. The Balaban J connectivity index is 2.91. The maximum Gasteiger partial charge on any atom is 0.243 e. The van der Waals surface area contributed by atoms with Crippen molar-refractivity contribution >= 4 is 10.0 Å². The Bertz CT molecular complexity index is 649. The van der Waals surface area contributed by atoms with E-state index in [9.17, 15) is 12.8 Å². The van der Waals surface area contributed by atoms with Crippen LogP contribution in [0.25, 0.3) is 0 Å². The molecule has 0 aliphatic rings. The van der Waals surface area contributed by atoms with Crippen LogP contribution in [0.2, 0.25) is 0 Å². The Morgan fingerprint density at radius 2 is 2.00 bits per heavy atom. The third-order valence-corrected chi connectivity index (χ3v) is 4.27. The molecule has 0 radical (unpaired) electrons. The van der Waals surface area contributed by atoms with Crippen LogP contribution in [0, 0.1) is 22.6 Å². The molecule has 0 unspecified atom stereocenters. The van der Waals surface area contributed by atoms with Gasteiger partial charge in [0, 0.05) is 13.1 Å². The van der Waals surface area contributed by atoms with Gasteiger partial charge >= 0.3 is 0 Å². The summed E-state index contributed by atoms with van der Waals surface area (Å²) in [6.07, 6.45) is 0. The van der Waals surface area contributed by atoms with Crippen LogP contribution < -0.4 is 4.72 Å². The van der Waals surface area contributed by atoms with Crippen LogP contribution in [0.15, 0.2) is 23.1 Å². The lowest BCUT2D eigenvalue weighted by molar-refractivity contribution is 0.242. The summed E-state index contributed by atoms with van der Waals surface area (Å²) in [7, 11) is -0.139. The molecule has 0 fully saturated rings. The molecular weight excluding hydrogens is 293 g/mol. The number of nitrogens with one attached hydrogen (secondary N) is 1. The monoisotopic (exact) mass is 313 g/mol. The van der Waals surface area contributed by atoms with Crippen LogP contribution in [-0.2, 0) is 10.0 Å². The van der Waals surface area contributed by atoms with E-state index in [0.29, 0.717) is 6.54 Å². The molecule has 1 aromatic rings. The highest BCUT2D eigenvalue weighted by Crippen LogP contribution is 2.19. The predicted octanol–water partition coefficient (Wildman–Crippen LogP) is 1.56. The molecular formula is C14H20FN3O2S. The van der Waals surface area contributed by atoms with Crippen molar-refractivity contribution in [2.24, 2.45) is 5.41 Å². The van der Waals surface area contributed by atoms with Gasteiger partial charge in [0.05, 0.1) is 11.6 Å². The zero-order valence-electron chi connectivity index (χ0n) is 12.6. The highest BCUT2D eigenvalue weighted by atomic mass is 32.2. The zero-order valence-corrected chi connectivity index (χ0v) is 13.5. The molecule has 1 N–H and O–H groups in total. The normalized spacial score (nSPS) is 12.4. The summed E-state index contributed by atoms with van der Waals surface area (Å²) >= 11 is 0. The molecule has 0 aliphatic heterocycles. The van der Waals surface area contributed by atoms with Gasteiger partial charge in [-0.25, -0.2) is 17.5 Å². The van der Waals surface area contributed by atoms with Crippen molar-refractivity contribution in [2.75, 3.05) is 27.2 Å². The molecule has 0 heterocycles. The maximum atomic E-state index is 13.8. The van der Waals surface area contributed by atoms with Crippen molar-refractivity contribution in [1.82, 2.24) is 9.62 Å². The molecule has 0 atom stereocenters. The first-order valence-corrected chi connectivity index (χ1v) is 7.90. The number of nitriles is 1. The quantitative estimate of drug-likeness (QED) is 0.865. The minimum atomic E-state index is -3.94. The minimum absolute atomic E-state index is 0.0828. The van der Waals surface area contributed by atoms with Gasteiger partial charge in [0.25, 0.3) is 0 Å². The lowest BCUT2D eigenvalue weighted by atomic mass is 9.93. The van der Waals surface area contributed by atoms with E-state index < -0.39 is 20.7 Å². The Kier molecular flexibility index (Phi) is 5.45. The molecule has 0 amide bonds. The van der Waals surface area contributed by atoms with E-state index in [0.717, 1.165) is 12.1 Å². The Hall–Kier alpha value is -1.49. The van der Waals surface area contributed by atoms with Crippen LogP contribution in [-0.4, -0.2) is 40.5 Å². The number of hydrogen-bond donors (Lipinski definition) is 1. The van der Waals surface area contributed by atoms with E-state index in [-0.39, 0.29) is 17.5 Å². The van der Waals surface area contributed by atoms with Gasteiger partial charge in [-0.1, -0.05) is 13.8 Å². The van der Waals surface area contributed by atoms with E-state index in [1.807, 2.05) is 32.8 Å². The molecule has 0 saturated carbocycles. The highest BCUT2D eigenvalue weighted by Gasteiger charge is 2.25. The minimum Gasteiger partial charge on any atom is -0.309 e. The molecule has 1 aromatic carbocycles. The molecule has 0 bridgehead atoms. The summed E-state index contributed by atoms with van der Waals surface area (Å²) in [5.74, 6) is -0.924.